The molecular weight excluding hydrogens is 398 g/mol. The van der Waals surface area contributed by atoms with Gasteiger partial charge in [0, 0.05) is 24.6 Å². The molecule has 0 bridgehead atoms. The maximum absolute atomic E-state index is 12.8. The van der Waals surface area contributed by atoms with Crippen LogP contribution in [0.15, 0.2) is 60.8 Å². The summed E-state index contributed by atoms with van der Waals surface area (Å²) < 4.78 is 6.89. The van der Waals surface area contributed by atoms with Gasteiger partial charge in [-0.15, -0.1) is 16.4 Å². The predicted molar refractivity (Wildman–Crippen MR) is 116 cm³/mol. The summed E-state index contributed by atoms with van der Waals surface area (Å²) in [6.07, 6.45) is 2.56. The lowest BCUT2D eigenvalue weighted by molar-refractivity contribution is 0.101. The summed E-state index contributed by atoms with van der Waals surface area (Å²) >= 11 is 1.45. The van der Waals surface area contributed by atoms with Gasteiger partial charge in [-0.1, -0.05) is 53.2 Å². The Morgan fingerprint density at radius 1 is 1.13 bits per heavy atom. The standard InChI is InChI=1S/C22H21N5O2S/c1-15-8-10-16(11-9-15)12-18-13-23-22(30-18)24-21(28)20-19(14-29-2)27(26-25-20)17-6-4-3-5-7-17/h3-11,13H,12,14H2,1-2H3,(H,23,24,28). The summed E-state index contributed by atoms with van der Waals surface area (Å²) in [5.74, 6) is -0.361. The number of nitrogens with one attached hydrogen (secondary N) is 1. The Labute approximate surface area is 178 Å². The van der Waals surface area contributed by atoms with E-state index in [-0.39, 0.29) is 18.2 Å². The summed E-state index contributed by atoms with van der Waals surface area (Å²) in [5.41, 5.74) is 4.04. The zero-order valence-electron chi connectivity index (χ0n) is 16.7. The second-order valence-electron chi connectivity index (χ2n) is 6.81. The van der Waals surface area contributed by atoms with Crippen molar-refractivity contribution in [3.8, 4) is 5.69 Å². The molecule has 4 rings (SSSR count). The average Bonchev–Trinajstić information content (AvgIpc) is 3.37. The first-order valence-corrected chi connectivity index (χ1v) is 10.3. The van der Waals surface area contributed by atoms with Gasteiger partial charge in [0.15, 0.2) is 10.8 Å². The number of hydrogen-bond donors (Lipinski definition) is 1. The summed E-state index contributed by atoms with van der Waals surface area (Å²) in [4.78, 5) is 18.2. The Morgan fingerprint density at radius 2 is 1.90 bits per heavy atom. The minimum Gasteiger partial charge on any atom is -0.378 e. The molecule has 0 unspecified atom stereocenters. The summed E-state index contributed by atoms with van der Waals surface area (Å²) in [6, 6.07) is 17.9. The molecule has 0 aliphatic rings. The monoisotopic (exact) mass is 419 g/mol. The van der Waals surface area contributed by atoms with Gasteiger partial charge in [0.2, 0.25) is 0 Å². The van der Waals surface area contributed by atoms with E-state index in [0.717, 1.165) is 17.0 Å². The fourth-order valence-electron chi connectivity index (χ4n) is 3.03. The van der Waals surface area contributed by atoms with E-state index in [2.05, 4.69) is 51.8 Å². The summed E-state index contributed by atoms with van der Waals surface area (Å²) in [7, 11) is 1.57. The van der Waals surface area contributed by atoms with Gasteiger partial charge in [0.1, 0.15) is 5.69 Å². The van der Waals surface area contributed by atoms with E-state index in [4.69, 9.17) is 4.74 Å². The molecule has 0 aliphatic carbocycles. The smallest absolute Gasteiger partial charge is 0.280 e. The van der Waals surface area contributed by atoms with Crippen LogP contribution in [0.1, 0.15) is 32.2 Å². The average molecular weight is 420 g/mol. The van der Waals surface area contributed by atoms with Crippen molar-refractivity contribution < 1.29 is 9.53 Å². The van der Waals surface area contributed by atoms with E-state index in [1.807, 2.05) is 30.3 Å². The van der Waals surface area contributed by atoms with E-state index in [1.54, 1.807) is 18.0 Å². The summed E-state index contributed by atoms with van der Waals surface area (Å²) in [6.45, 7) is 2.27. The van der Waals surface area contributed by atoms with Crippen molar-refractivity contribution in [2.45, 2.75) is 20.0 Å². The molecule has 30 heavy (non-hydrogen) atoms. The lowest BCUT2D eigenvalue weighted by Crippen LogP contribution is -2.15. The number of aryl methyl sites for hydroxylation is 1. The number of anilines is 1. The maximum Gasteiger partial charge on any atom is 0.280 e. The van der Waals surface area contributed by atoms with Crippen LogP contribution in [0.5, 0.6) is 0 Å². The Hall–Kier alpha value is -3.36. The quantitative estimate of drug-likeness (QED) is 0.489. The molecule has 1 N–H and O–H groups in total. The van der Waals surface area contributed by atoms with Crippen molar-refractivity contribution in [2.24, 2.45) is 0 Å². The normalized spacial score (nSPS) is 10.9. The zero-order valence-corrected chi connectivity index (χ0v) is 17.5. The molecule has 0 saturated heterocycles. The highest BCUT2D eigenvalue weighted by Crippen LogP contribution is 2.23. The topological polar surface area (TPSA) is 81.9 Å². The van der Waals surface area contributed by atoms with Gasteiger partial charge < -0.3 is 4.74 Å². The highest BCUT2D eigenvalue weighted by molar-refractivity contribution is 7.15. The number of aromatic nitrogens is 4. The molecule has 0 aliphatic heterocycles. The number of carbonyl (C=O) groups excluding carboxylic acids is 1. The Kier molecular flexibility index (Phi) is 5.97. The number of amides is 1. The van der Waals surface area contributed by atoms with Gasteiger partial charge in [0.25, 0.3) is 5.91 Å². The Balaban J connectivity index is 1.51. The van der Waals surface area contributed by atoms with E-state index in [0.29, 0.717) is 10.8 Å². The lowest BCUT2D eigenvalue weighted by atomic mass is 10.1. The van der Waals surface area contributed by atoms with Gasteiger partial charge >= 0.3 is 0 Å². The molecule has 0 fully saturated rings. The number of carbonyl (C=O) groups is 1. The first-order chi connectivity index (χ1) is 14.6. The van der Waals surface area contributed by atoms with Crippen LogP contribution in [-0.2, 0) is 17.8 Å². The number of hydrogen-bond acceptors (Lipinski definition) is 6. The SMILES string of the molecule is COCc1c(C(=O)Nc2ncc(Cc3ccc(C)cc3)s2)nnn1-c1ccccc1. The van der Waals surface area contributed by atoms with Crippen molar-refractivity contribution in [3.63, 3.8) is 0 Å². The third kappa shape index (κ3) is 4.45. The minimum absolute atomic E-state index is 0.210. The molecular formula is C22H21N5O2S. The molecule has 7 nitrogen and oxygen atoms in total. The second-order valence-corrected chi connectivity index (χ2v) is 7.93. The largest absolute Gasteiger partial charge is 0.378 e. The van der Waals surface area contributed by atoms with E-state index >= 15 is 0 Å². The van der Waals surface area contributed by atoms with Crippen LogP contribution in [0.4, 0.5) is 5.13 Å². The lowest BCUT2D eigenvalue weighted by Gasteiger charge is -2.07. The van der Waals surface area contributed by atoms with Gasteiger partial charge in [-0.3, -0.25) is 10.1 Å². The minimum atomic E-state index is -0.361. The molecule has 0 atom stereocenters. The van der Waals surface area contributed by atoms with Crippen molar-refractivity contribution in [2.75, 3.05) is 12.4 Å². The van der Waals surface area contributed by atoms with E-state index < -0.39 is 0 Å². The van der Waals surface area contributed by atoms with E-state index in [9.17, 15) is 4.79 Å². The molecule has 0 saturated carbocycles. The zero-order chi connectivity index (χ0) is 20.9. The number of methoxy groups -OCH3 is 1. The van der Waals surface area contributed by atoms with Crippen LogP contribution in [0.25, 0.3) is 5.69 Å². The van der Waals surface area contributed by atoms with E-state index in [1.165, 1.54) is 22.5 Å². The van der Waals surface area contributed by atoms with Crippen LogP contribution in [-0.4, -0.2) is 33.0 Å². The van der Waals surface area contributed by atoms with Crippen molar-refractivity contribution in [1.82, 2.24) is 20.0 Å². The second kappa shape index (κ2) is 8.98. The van der Waals surface area contributed by atoms with Crippen molar-refractivity contribution in [1.29, 1.82) is 0 Å². The number of para-hydroxylation sites is 1. The van der Waals surface area contributed by atoms with Crippen LogP contribution in [0.2, 0.25) is 0 Å². The van der Waals surface area contributed by atoms with Crippen molar-refractivity contribution >= 4 is 22.4 Å². The fourth-order valence-corrected chi connectivity index (χ4v) is 3.87. The molecule has 0 spiro atoms. The molecule has 2 heterocycles. The van der Waals surface area contributed by atoms with Gasteiger partial charge in [-0.25, -0.2) is 9.67 Å². The summed E-state index contributed by atoms with van der Waals surface area (Å²) in [5, 5.41) is 11.6. The first-order valence-electron chi connectivity index (χ1n) is 9.44. The Morgan fingerprint density at radius 3 is 2.63 bits per heavy atom. The fraction of sp³-hybridized carbons (Fsp3) is 0.182. The van der Waals surface area contributed by atoms with Gasteiger partial charge in [0.05, 0.1) is 12.3 Å². The van der Waals surface area contributed by atoms with Crippen LogP contribution in [0.3, 0.4) is 0 Å². The van der Waals surface area contributed by atoms with Gasteiger partial charge in [-0.05, 0) is 24.6 Å². The maximum atomic E-state index is 12.8. The third-order valence-corrected chi connectivity index (χ3v) is 5.45. The number of thiazole rings is 1. The van der Waals surface area contributed by atoms with Crippen LogP contribution < -0.4 is 5.32 Å². The first kappa shape index (κ1) is 19.9. The molecule has 152 valence electrons. The number of rotatable bonds is 7. The molecule has 1 amide bonds. The van der Waals surface area contributed by atoms with Gasteiger partial charge in [-0.2, -0.15) is 0 Å². The molecule has 2 aromatic carbocycles. The van der Waals surface area contributed by atoms with Crippen LogP contribution >= 0.6 is 11.3 Å². The molecule has 0 radical (unpaired) electrons. The predicted octanol–water partition coefficient (Wildman–Crippen LogP) is 4.02. The van der Waals surface area contributed by atoms with Crippen molar-refractivity contribution in [3.05, 3.63) is 88.2 Å². The molecule has 2 aromatic heterocycles. The Bertz CT molecular complexity index is 1140. The number of nitrogens with zero attached hydrogens (tertiary/aromatic N) is 4. The number of ether oxygens (including phenoxy) is 1. The highest BCUT2D eigenvalue weighted by atomic mass is 32.1. The third-order valence-electron chi connectivity index (χ3n) is 4.53. The molecule has 4 aromatic rings. The molecule has 8 heteroatoms. The highest BCUT2D eigenvalue weighted by Gasteiger charge is 2.21. The number of benzene rings is 2. The van der Waals surface area contributed by atoms with Crippen LogP contribution in [0, 0.1) is 6.92 Å².